The number of nitrogens with zero attached hydrogens (tertiary/aromatic N) is 1. The number of carbonyl (C=O) groups is 1. The quantitative estimate of drug-likeness (QED) is 0.876. The van der Waals surface area contributed by atoms with Gasteiger partial charge in [-0.25, -0.2) is 4.39 Å². The average molecular weight is 306 g/mol. The van der Waals surface area contributed by atoms with E-state index in [1.807, 2.05) is 4.90 Å². The van der Waals surface area contributed by atoms with Crippen LogP contribution in [0.15, 0.2) is 24.3 Å². The number of nitrogens with one attached hydrogen (secondary N) is 1. The highest BCUT2D eigenvalue weighted by atomic mass is 19.1. The van der Waals surface area contributed by atoms with Gasteiger partial charge >= 0.3 is 0 Å². The third kappa shape index (κ3) is 4.44. The van der Waals surface area contributed by atoms with Crippen molar-refractivity contribution in [2.24, 2.45) is 5.92 Å². The van der Waals surface area contributed by atoms with E-state index >= 15 is 0 Å². The van der Waals surface area contributed by atoms with E-state index in [1.165, 1.54) is 25.0 Å². The van der Waals surface area contributed by atoms with Gasteiger partial charge in [0, 0.05) is 25.9 Å². The lowest BCUT2D eigenvalue weighted by atomic mass is 10.1. The molecule has 1 heterocycles. The SMILES string of the molecule is O=C(CNCC1CC1)N1CCC(Oc2ccc(F)cc2)CC1. The fourth-order valence-corrected chi connectivity index (χ4v) is 2.75. The van der Waals surface area contributed by atoms with Crippen LogP contribution in [0.3, 0.4) is 0 Å². The summed E-state index contributed by atoms with van der Waals surface area (Å²) in [5, 5.41) is 3.24. The minimum Gasteiger partial charge on any atom is -0.490 e. The predicted octanol–water partition coefficient (Wildman–Crippen LogP) is 2.20. The number of rotatable bonds is 6. The normalized spacial score (nSPS) is 19.2. The van der Waals surface area contributed by atoms with Crippen molar-refractivity contribution in [3.8, 4) is 5.75 Å². The lowest BCUT2D eigenvalue weighted by molar-refractivity contribution is -0.132. The number of amides is 1. The first-order valence-electron chi connectivity index (χ1n) is 8.11. The zero-order valence-corrected chi connectivity index (χ0v) is 12.8. The van der Waals surface area contributed by atoms with Crippen LogP contribution in [0.2, 0.25) is 0 Å². The van der Waals surface area contributed by atoms with Crippen LogP contribution < -0.4 is 10.1 Å². The maximum Gasteiger partial charge on any atom is 0.236 e. The minimum atomic E-state index is -0.258. The van der Waals surface area contributed by atoms with Crippen LogP contribution in [0.25, 0.3) is 0 Å². The number of hydrogen-bond acceptors (Lipinski definition) is 3. The molecule has 1 saturated heterocycles. The molecular weight excluding hydrogens is 283 g/mol. The first kappa shape index (κ1) is 15.3. The van der Waals surface area contributed by atoms with Gasteiger partial charge in [0.2, 0.25) is 5.91 Å². The Morgan fingerprint density at radius 1 is 1.18 bits per heavy atom. The molecule has 0 radical (unpaired) electrons. The molecule has 120 valence electrons. The summed E-state index contributed by atoms with van der Waals surface area (Å²) in [6.07, 6.45) is 4.35. The van der Waals surface area contributed by atoms with Crippen molar-refractivity contribution in [3.63, 3.8) is 0 Å². The summed E-state index contributed by atoms with van der Waals surface area (Å²) in [6.45, 7) is 2.88. The molecule has 3 rings (SSSR count). The van der Waals surface area contributed by atoms with E-state index in [-0.39, 0.29) is 17.8 Å². The van der Waals surface area contributed by atoms with Crippen LogP contribution >= 0.6 is 0 Å². The topological polar surface area (TPSA) is 41.6 Å². The van der Waals surface area contributed by atoms with Gasteiger partial charge in [0.1, 0.15) is 17.7 Å². The third-order valence-electron chi connectivity index (χ3n) is 4.32. The van der Waals surface area contributed by atoms with E-state index in [2.05, 4.69) is 5.32 Å². The van der Waals surface area contributed by atoms with Crippen molar-refractivity contribution in [2.75, 3.05) is 26.2 Å². The molecule has 1 aromatic rings. The maximum atomic E-state index is 12.9. The summed E-state index contributed by atoms with van der Waals surface area (Å²) >= 11 is 0. The number of halogens is 1. The number of hydrogen-bond donors (Lipinski definition) is 1. The van der Waals surface area contributed by atoms with Crippen LogP contribution in [-0.4, -0.2) is 43.1 Å². The lowest BCUT2D eigenvalue weighted by Crippen LogP contribution is -2.45. The van der Waals surface area contributed by atoms with Gasteiger partial charge in [0.15, 0.2) is 0 Å². The molecule has 1 aliphatic carbocycles. The molecule has 1 N–H and O–H groups in total. The predicted molar refractivity (Wildman–Crippen MR) is 82.2 cm³/mol. The molecule has 0 unspecified atom stereocenters. The molecule has 1 aliphatic heterocycles. The van der Waals surface area contributed by atoms with Crippen molar-refractivity contribution in [1.29, 1.82) is 0 Å². The van der Waals surface area contributed by atoms with E-state index in [1.54, 1.807) is 12.1 Å². The zero-order chi connectivity index (χ0) is 15.4. The van der Waals surface area contributed by atoms with Gasteiger partial charge in [-0.1, -0.05) is 0 Å². The van der Waals surface area contributed by atoms with Gasteiger partial charge in [-0.15, -0.1) is 0 Å². The van der Waals surface area contributed by atoms with Crippen LogP contribution in [0.5, 0.6) is 5.75 Å². The Bertz CT molecular complexity index is 494. The monoisotopic (exact) mass is 306 g/mol. The summed E-state index contributed by atoms with van der Waals surface area (Å²) in [6, 6.07) is 6.10. The van der Waals surface area contributed by atoms with Crippen molar-refractivity contribution in [1.82, 2.24) is 10.2 Å². The summed E-state index contributed by atoms with van der Waals surface area (Å²) in [4.78, 5) is 14.0. The van der Waals surface area contributed by atoms with Gasteiger partial charge in [0.05, 0.1) is 6.54 Å². The standard InChI is InChI=1S/C17H23FN2O2/c18-14-3-5-15(6-4-14)22-16-7-9-20(10-8-16)17(21)12-19-11-13-1-2-13/h3-6,13,16,19H,1-2,7-12H2. The second-order valence-electron chi connectivity index (χ2n) is 6.23. The molecule has 2 aliphatic rings. The highest BCUT2D eigenvalue weighted by Gasteiger charge is 2.25. The Morgan fingerprint density at radius 3 is 2.50 bits per heavy atom. The Hall–Kier alpha value is -1.62. The summed E-state index contributed by atoms with van der Waals surface area (Å²) in [5.41, 5.74) is 0. The molecule has 0 bridgehead atoms. The molecule has 0 spiro atoms. The van der Waals surface area contributed by atoms with Crippen molar-refractivity contribution in [3.05, 3.63) is 30.1 Å². The number of ether oxygens (including phenoxy) is 1. The number of benzene rings is 1. The second-order valence-corrected chi connectivity index (χ2v) is 6.23. The molecule has 0 atom stereocenters. The summed E-state index contributed by atoms with van der Waals surface area (Å²) in [7, 11) is 0. The number of carbonyl (C=O) groups excluding carboxylic acids is 1. The molecule has 0 aromatic heterocycles. The molecule has 1 aromatic carbocycles. The van der Waals surface area contributed by atoms with Crippen LogP contribution in [-0.2, 0) is 4.79 Å². The molecule has 1 amide bonds. The van der Waals surface area contributed by atoms with Crippen LogP contribution in [0, 0.1) is 11.7 Å². The summed E-state index contributed by atoms with van der Waals surface area (Å²) in [5.74, 6) is 1.41. The average Bonchev–Trinajstić information content (AvgIpc) is 3.34. The van der Waals surface area contributed by atoms with Crippen molar-refractivity contribution in [2.45, 2.75) is 31.8 Å². The molecule has 4 nitrogen and oxygen atoms in total. The van der Waals surface area contributed by atoms with Crippen molar-refractivity contribution < 1.29 is 13.9 Å². The largest absolute Gasteiger partial charge is 0.490 e. The van der Waals surface area contributed by atoms with Gasteiger partial charge < -0.3 is 15.0 Å². The van der Waals surface area contributed by atoms with E-state index in [0.717, 1.165) is 38.4 Å². The minimum absolute atomic E-state index is 0.105. The van der Waals surface area contributed by atoms with Crippen LogP contribution in [0.4, 0.5) is 4.39 Å². The van der Waals surface area contributed by atoms with E-state index < -0.39 is 0 Å². The summed E-state index contributed by atoms with van der Waals surface area (Å²) < 4.78 is 18.7. The first-order chi connectivity index (χ1) is 10.7. The van der Waals surface area contributed by atoms with E-state index in [0.29, 0.717) is 12.3 Å². The molecular formula is C17H23FN2O2. The molecule has 5 heteroatoms. The Labute approximate surface area is 130 Å². The van der Waals surface area contributed by atoms with Gasteiger partial charge in [-0.3, -0.25) is 4.79 Å². The van der Waals surface area contributed by atoms with Gasteiger partial charge in [0.25, 0.3) is 0 Å². The van der Waals surface area contributed by atoms with E-state index in [9.17, 15) is 9.18 Å². The van der Waals surface area contributed by atoms with Gasteiger partial charge in [-0.05, 0) is 49.6 Å². The Kier molecular flexibility index (Phi) is 4.93. The maximum absolute atomic E-state index is 12.9. The highest BCUT2D eigenvalue weighted by Crippen LogP contribution is 2.27. The van der Waals surface area contributed by atoms with Crippen molar-refractivity contribution >= 4 is 5.91 Å². The van der Waals surface area contributed by atoms with E-state index in [4.69, 9.17) is 4.74 Å². The number of likely N-dealkylation sites (tertiary alicyclic amines) is 1. The zero-order valence-electron chi connectivity index (χ0n) is 12.8. The fourth-order valence-electron chi connectivity index (χ4n) is 2.75. The smallest absolute Gasteiger partial charge is 0.236 e. The fraction of sp³-hybridized carbons (Fsp3) is 0.588. The second kappa shape index (κ2) is 7.09. The van der Waals surface area contributed by atoms with Gasteiger partial charge in [-0.2, -0.15) is 0 Å². The Morgan fingerprint density at radius 2 is 1.86 bits per heavy atom. The Balaban J connectivity index is 1.37. The highest BCUT2D eigenvalue weighted by molar-refractivity contribution is 5.78. The molecule has 2 fully saturated rings. The number of piperidine rings is 1. The first-order valence-corrected chi connectivity index (χ1v) is 8.11. The molecule has 1 saturated carbocycles. The third-order valence-corrected chi connectivity index (χ3v) is 4.32. The molecule has 22 heavy (non-hydrogen) atoms. The lowest BCUT2D eigenvalue weighted by Gasteiger charge is -2.32. The van der Waals surface area contributed by atoms with Crippen LogP contribution in [0.1, 0.15) is 25.7 Å².